The molecule has 0 saturated carbocycles. The summed E-state index contributed by atoms with van der Waals surface area (Å²) in [7, 11) is 0. The molecule has 0 atom stereocenters. The van der Waals surface area contributed by atoms with Crippen molar-refractivity contribution in [3.05, 3.63) is 76.1 Å². The Kier molecular flexibility index (Phi) is 4.39. The Balaban J connectivity index is 1.76. The topological polar surface area (TPSA) is 47.2 Å². The number of hydrogen-bond acceptors (Lipinski definition) is 3. The van der Waals surface area contributed by atoms with E-state index in [9.17, 15) is 5.26 Å². The van der Waals surface area contributed by atoms with E-state index in [2.05, 4.69) is 16.7 Å². The van der Waals surface area contributed by atoms with Crippen LogP contribution in [0.2, 0.25) is 5.02 Å². The lowest BCUT2D eigenvalue weighted by Crippen LogP contribution is -1.99. The van der Waals surface area contributed by atoms with E-state index in [1.54, 1.807) is 12.1 Å². The van der Waals surface area contributed by atoms with Gasteiger partial charge >= 0.3 is 0 Å². The SMILES string of the molecule is Cc1cc(C=C(C#N)c2ccc(Cl)cc2)c(C)n1-c1ccc2c(c1)OCO2. The van der Waals surface area contributed by atoms with Gasteiger partial charge in [-0.3, -0.25) is 0 Å². The Labute approximate surface area is 162 Å². The van der Waals surface area contributed by atoms with Gasteiger partial charge in [-0.25, -0.2) is 0 Å². The molecule has 0 amide bonds. The first-order chi connectivity index (χ1) is 13.1. The van der Waals surface area contributed by atoms with Crippen molar-refractivity contribution < 1.29 is 9.47 Å². The number of ether oxygens (including phenoxy) is 2. The normalized spacial score (nSPS) is 12.9. The molecule has 0 N–H and O–H groups in total. The molecule has 4 rings (SSSR count). The minimum atomic E-state index is 0.253. The van der Waals surface area contributed by atoms with E-state index < -0.39 is 0 Å². The second kappa shape index (κ2) is 6.86. The first kappa shape index (κ1) is 17.3. The Hall–Kier alpha value is -3.16. The molecule has 0 spiro atoms. The van der Waals surface area contributed by atoms with Crippen molar-refractivity contribution in [1.82, 2.24) is 4.57 Å². The summed E-state index contributed by atoms with van der Waals surface area (Å²) in [6.07, 6.45) is 1.91. The van der Waals surface area contributed by atoms with E-state index in [0.717, 1.165) is 39.7 Å². The lowest BCUT2D eigenvalue weighted by molar-refractivity contribution is 0.174. The van der Waals surface area contributed by atoms with Crippen LogP contribution < -0.4 is 9.47 Å². The molecular formula is C22H17ClN2O2. The van der Waals surface area contributed by atoms with E-state index >= 15 is 0 Å². The third-order valence-corrected chi connectivity index (χ3v) is 4.91. The third-order valence-electron chi connectivity index (χ3n) is 4.66. The van der Waals surface area contributed by atoms with Gasteiger partial charge in [0.25, 0.3) is 0 Å². The van der Waals surface area contributed by atoms with Crippen LogP contribution in [0, 0.1) is 25.2 Å². The van der Waals surface area contributed by atoms with Crippen molar-refractivity contribution in [2.24, 2.45) is 0 Å². The maximum atomic E-state index is 9.61. The first-order valence-electron chi connectivity index (χ1n) is 8.53. The number of hydrogen-bond donors (Lipinski definition) is 0. The molecule has 0 aliphatic carbocycles. The largest absolute Gasteiger partial charge is 0.454 e. The second-order valence-corrected chi connectivity index (χ2v) is 6.81. The summed E-state index contributed by atoms with van der Waals surface area (Å²) in [5, 5.41) is 10.3. The molecule has 0 unspecified atom stereocenters. The fraction of sp³-hybridized carbons (Fsp3) is 0.136. The summed E-state index contributed by atoms with van der Waals surface area (Å²) in [5.74, 6) is 1.51. The van der Waals surface area contributed by atoms with Gasteiger partial charge in [-0.2, -0.15) is 5.26 Å². The molecule has 27 heavy (non-hydrogen) atoms. The van der Waals surface area contributed by atoms with E-state index in [4.69, 9.17) is 21.1 Å². The summed E-state index contributed by atoms with van der Waals surface area (Å²) in [4.78, 5) is 0. The number of halogens is 1. The van der Waals surface area contributed by atoms with Gasteiger partial charge in [0.15, 0.2) is 11.5 Å². The fourth-order valence-corrected chi connectivity index (χ4v) is 3.45. The number of rotatable bonds is 3. The predicted octanol–water partition coefficient (Wildman–Crippen LogP) is 5.54. The summed E-state index contributed by atoms with van der Waals surface area (Å²) in [6.45, 7) is 4.34. The lowest BCUT2D eigenvalue weighted by Gasteiger charge is -2.10. The Morgan fingerprint density at radius 1 is 1.07 bits per heavy atom. The van der Waals surface area contributed by atoms with Crippen LogP contribution in [-0.4, -0.2) is 11.4 Å². The van der Waals surface area contributed by atoms with Crippen molar-refractivity contribution in [2.45, 2.75) is 13.8 Å². The minimum absolute atomic E-state index is 0.253. The maximum absolute atomic E-state index is 9.61. The molecule has 0 fully saturated rings. The van der Waals surface area contributed by atoms with Crippen LogP contribution in [0.5, 0.6) is 11.5 Å². The van der Waals surface area contributed by atoms with Crippen LogP contribution in [0.25, 0.3) is 17.3 Å². The van der Waals surface area contributed by atoms with Gasteiger partial charge < -0.3 is 14.0 Å². The molecule has 1 aliphatic rings. The molecule has 0 saturated heterocycles. The monoisotopic (exact) mass is 376 g/mol. The third kappa shape index (κ3) is 3.18. The summed E-state index contributed by atoms with van der Waals surface area (Å²) >= 11 is 5.95. The molecular weight excluding hydrogens is 360 g/mol. The zero-order valence-electron chi connectivity index (χ0n) is 15.0. The zero-order chi connectivity index (χ0) is 19.0. The smallest absolute Gasteiger partial charge is 0.231 e. The summed E-state index contributed by atoms with van der Waals surface area (Å²) < 4.78 is 13.0. The molecule has 4 nitrogen and oxygen atoms in total. The molecule has 2 aromatic carbocycles. The summed E-state index contributed by atoms with van der Waals surface area (Å²) in [5.41, 5.74) is 5.56. The van der Waals surface area contributed by atoms with Gasteiger partial charge in [0.05, 0.1) is 11.6 Å². The fourth-order valence-electron chi connectivity index (χ4n) is 3.32. The van der Waals surface area contributed by atoms with Gasteiger partial charge in [-0.15, -0.1) is 0 Å². The molecule has 5 heteroatoms. The molecule has 0 radical (unpaired) electrons. The number of nitriles is 1. The van der Waals surface area contributed by atoms with Gasteiger partial charge in [-0.1, -0.05) is 23.7 Å². The van der Waals surface area contributed by atoms with Gasteiger partial charge in [0.1, 0.15) is 0 Å². The van der Waals surface area contributed by atoms with E-state index in [1.807, 2.05) is 50.3 Å². The average Bonchev–Trinajstić information content (AvgIpc) is 3.24. The van der Waals surface area contributed by atoms with Crippen molar-refractivity contribution in [3.63, 3.8) is 0 Å². The number of aromatic nitrogens is 1. The van der Waals surface area contributed by atoms with Crippen molar-refractivity contribution in [1.29, 1.82) is 5.26 Å². The molecule has 1 aromatic heterocycles. The average molecular weight is 377 g/mol. The highest BCUT2D eigenvalue weighted by atomic mass is 35.5. The lowest BCUT2D eigenvalue weighted by atomic mass is 10.0. The van der Waals surface area contributed by atoms with Crippen LogP contribution in [0.1, 0.15) is 22.5 Å². The zero-order valence-corrected chi connectivity index (χ0v) is 15.7. The standard InChI is InChI=1S/C22H17ClN2O2/c1-14-9-17(10-18(12-24)16-3-5-19(23)6-4-16)15(2)25(14)20-7-8-21-22(11-20)27-13-26-21/h3-11H,13H2,1-2H3. The van der Waals surface area contributed by atoms with E-state index in [-0.39, 0.29) is 6.79 Å². The molecule has 0 bridgehead atoms. The Morgan fingerprint density at radius 2 is 1.81 bits per heavy atom. The van der Waals surface area contributed by atoms with E-state index in [1.165, 1.54) is 0 Å². The summed E-state index contributed by atoms with van der Waals surface area (Å²) in [6, 6.07) is 17.6. The van der Waals surface area contributed by atoms with Crippen LogP contribution in [0.3, 0.4) is 0 Å². The van der Waals surface area contributed by atoms with Crippen LogP contribution in [-0.2, 0) is 0 Å². The number of benzene rings is 2. The number of nitrogens with zero attached hydrogens (tertiary/aromatic N) is 2. The molecule has 2 heterocycles. The van der Waals surface area contributed by atoms with Gasteiger partial charge in [0.2, 0.25) is 6.79 Å². The van der Waals surface area contributed by atoms with Crippen LogP contribution in [0.4, 0.5) is 0 Å². The van der Waals surface area contributed by atoms with Gasteiger partial charge in [0, 0.05) is 28.2 Å². The minimum Gasteiger partial charge on any atom is -0.454 e. The Bertz CT molecular complexity index is 1090. The highest BCUT2D eigenvalue weighted by Gasteiger charge is 2.16. The molecule has 1 aliphatic heterocycles. The highest BCUT2D eigenvalue weighted by Crippen LogP contribution is 2.35. The Morgan fingerprint density at radius 3 is 2.56 bits per heavy atom. The first-order valence-corrected chi connectivity index (χ1v) is 8.91. The van der Waals surface area contributed by atoms with Crippen LogP contribution >= 0.6 is 11.6 Å². The highest BCUT2D eigenvalue weighted by molar-refractivity contribution is 6.30. The second-order valence-electron chi connectivity index (χ2n) is 6.38. The molecule has 3 aromatic rings. The van der Waals surface area contributed by atoms with Crippen molar-refractivity contribution in [2.75, 3.05) is 6.79 Å². The van der Waals surface area contributed by atoms with E-state index in [0.29, 0.717) is 10.6 Å². The maximum Gasteiger partial charge on any atom is 0.231 e. The number of aryl methyl sites for hydroxylation is 1. The molecule has 134 valence electrons. The van der Waals surface area contributed by atoms with Gasteiger partial charge in [-0.05, 0) is 61.4 Å². The van der Waals surface area contributed by atoms with Crippen LogP contribution in [0.15, 0.2) is 48.5 Å². The number of fused-ring (bicyclic) bond motifs is 1. The van der Waals surface area contributed by atoms with Crippen molar-refractivity contribution in [3.8, 4) is 23.3 Å². The quantitative estimate of drug-likeness (QED) is 0.564. The van der Waals surface area contributed by atoms with Crippen molar-refractivity contribution >= 4 is 23.3 Å². The predicted molar refractivity (Wildman–Crippen MR) is 106 cm³/mol. The number of allylic oxidation sites excluding steroid dienone is 1.